The number of ether oxygens (including phenoxy) is 1. The number of rotatable bonds is 6. The van der Waals surface area contributed by atoms with Gasteiger partial charge in [-0.1, -0.05) is 12.1 Å². The van der Waals surface area contributed by atoms with Crippen molar-refractivity contribution < 1.29 is 4.74 Å². The molecule has 1 atom stereocenters. The third kappa shape index (κ3) is 5.54. The molecule has 1 heterocycles. The van der Waals surface area contributed by atoms with Gasteiger partial charge in [0, 0.05) is 31.9 Å². The smallest absolute Gasteiger partial charge is 0.191 e. The van der Waals surface area contributed by atoms with Gasteiger partial charge in [-0.2, -0.15) is 0 Å². The van der Waals surface area contributed by atoms with Crippen molar-refractivity contribution in [1.29, 1.82) is 0 Å². The van der Waals surface area contributed by atoms with Gasteiger partial charge in [0.25, 0.3) is 0 Å². The Morgan fingerprint density at radius 3 is 2.65 bits per heavy atom. The molecule has 112 valence electrons. The van der Waals surface area contributed by atoms with Crippen LogP contribution in [0.1, 0.15) is 12.5 Å². The van der Waals surface area contributed by atoms with Gasteiger partial charge in [-0.05, 0) is 24.6 Å². The normalized spacial score (nSPS) is 16.9. The third-order valence-electron chi connectivity index (χ3n) is 2.96. The molecule has 1 unspecified atom stereocenters. The highest BCUT2D eigenvalue weighted by Crippen LogP contribution is 2.09. The van der Waals surface area contributed by atoms with Crippen molar-refractivity contribution in [2.24, 2.45) is 4.99 Å². The first-order valence-electron chi connectivity index (χ1n) is 6.64. The van der Waals surface area contributed by atoms with Crippen molar-refractivity contribution in [3.05, 3.63) is 29.8 Å². The zero-order valence-corrected chi connectivity index (χ0v) is 14.3. The van der Waals surface area contributed by atoms with Gasteiger partial charge in [0.15, 0.2) is 5.96 Å². The van der Waals surface area contributed by atoms with E-state index in [9.17, 15) is 0 Å². The molecule has 0 aromatic heterocycles. The van der Waals surface area contributed by atoms with Crippen LogP contribution in [-0.2, 0) is 11.3 Å². The van der Waals surface area contributed by atoms with E-state index in [4.69, 9.17) is 4.74 Å². The standard InChI is InChI=1S/C14H22N4O.HI/c1-11-9-16-14(18-11)17-10-12-3-5-13(6-4-12)15-7-8-19-2;/h3-6,11,15H,7-10H2,1-2H3,(H2,16,17,18);1H. The highest BCUT2D eigenvalue weighted by Gasteiger charge is 2.11. The number of anilines is 1. The van der Waals surface area contributed by atoms with E-state index < -0.39 is 0 Å². The Morgan fingerprint density at radius 1 is 1.30 bits per heavy atom. The van der Waals surface area contributed by atoms with Crippen LogP contribution < -0.4 is 16.0 Å². The number of nitrogens with one attached hydrogen (secondary N) is 3. The fourth-order valence-corrected chi connectivity index (χ4v) is 1.88. The average Bonchev–Trinajstić information content (AvgIpc) is 2.84. The molecule has 0 bridgehead atoms. The van der Waals surface area contributed by atoms with Gasteiger partial charge >= 0.3 is 0 Å². The first-order valence-corrected chi connectivity index (χ1v) is 6.64. The van der Waals surface area contributed by atoms with Crippen LogP contribution in [0.2, 0.25) is 0 Å². The number of hydrogen-bond acceptors (Lipinski definition) is 5. The Hall–Kier alpha value is -1.02. The summed E-state index contributed by atoms with van der Waals surface area (Å²) in [6.07, 6.45) is 0. The van der Waals surface area contributed by atoms with Gasteiger partial charge in [0.05, 0.1) is 13.2 Å². The first kappa shape index (κ1) is 17.0. The highest BCUT2D eigenvalue weighted by molar-refractivity contribution is 14.0. The first-order chi connectivity index (χ1) is 9.28. The molecule has 2 rings (SSSR count). The van der Waals surface area contributed by atoms with Crippen LogP contribution in [0, 0.1) is 0 Å². The second-order valence-electron chi connectivity index (χ2n) is 4.70. The lowest BCUT2D eigenvalue weighted by Gasteiger charge is -2.10. The Morgan fingerprint density at radius 2 is 2.05 bits per heavy atom. The van der Waals surface area contributed by atoms with Gasteiger partial charge in [0.2, 0.25) is 0 Å². The van der Waals surface area contributed by atoms with E-state index in [0.717, 1.165) is 31.3 Å². The molecule has 0 aliphatic carbocycles. The molecule has 1 aromatic rings. The summed E-state index contributed by atoms with van der Waals surface area (Å²) in [5.74, 6) is 0.898. The average molecular weight is 390 g/mol. The molecular formula is C14H23IN4O. The van der Waals surface area contributed by atoms with Crippen molar-refractivity contribution in [3.8, 4) is 0 Å². The molecule has 6 heteroatoms. The minimum Gasteiger partial charge on any atom is -0.383 e. The maximum atomic E-state index is 5.00. The summed E-state index contributed by atoms with van der Waals surface area (Å²) >= 11 is 0. The number of benzene rings is 1. The number of aliphatic imine (C=N–C) groups is 1. The van der Waals surface area contributed by atoms with E-state index in [1.54, 1.807) is 7.11 Å². The lowest BCUT2D eigenvalue weighted by molar-refractivity contribution is 0.211. The summed E-state index contributed by atoms with van der Waals surface area (Å²) in [5.41, 5.74) is 2.35. The summed E-state index contributed by atoms with van der Waals surface area (Å²) in [4.78, 5) is 4.37. The SMILES string of the molecule is COCCNc1ccc(CNC2=NCC(C)N2)cc1.I. The van der Waals surface area contributed by atoms with E-state index in [2.05, 4.69) is 52.1 Å². The summed E-state index contributed by atoms with van der Waals surface area (Å²) < 4.78 is 5.00. The van der Waals surface area contributed by atoms with Crippen molar-refractivity contribution in [2.75, 3.05) is 32.1 Å². The molecule has 0 saturated heterocycles. The molecule has 5 nitrogen and oxygen atoms in total. The molecule has 0 fully saturated rings. The zero-order chi connectivity index (χ0) is 13.5. The second-order valence-corrected chi connectivity index (χ2v) is 4.70. The van der Waals surface area contributed by atoms with Crippen LogP contribution in [-0.4, -0.2) is 38.8 Å². The maximum absolute atomic E-state index is 5.00. The highest BCUT2D eigenvalue weighted by atomic mass is 127. The molecule has 3 N–H and O–H groups in total. The van der Waals surface area contributed by atoms with E-state index in [-0.39, 0.29) is 24.0 Å². The third-order valence-corrected chi connectivity index (χ3v) is 2.96. The molecular weight excluding hydrogens is 367 g/mol. The monoisotopic (exact) mass is 390 g/mol. The van der Waals surface area contributed by atoms with E-state index in [1.165, 1.54) is 5.56 Å². The predicted molar refractivity (Wildman–Crippen MR) is 94.0 cm³/mol. The fourth-order valence-electron chi connectivity index (χ4n) is 1.88. The minimum absolute atomic E-state index is 0. The predicted octanol–water partition coefficient (Wildman–Crippen LogP) is 1.80. The Balaban J connectivity index is 0.00000200. The van der Waals surface area contributed by atoms with Gasteiger partial charge < -0.3 is 20.7 Å². The van der Waals surface area contributed by atoms with Gasteiger partial charge in [0.1, 0.15) is 0 Å². The van der Waals surface area contributed by atoms with Gasteiger partial charge in [-0.15, -0.1) is 24.0 Å². The summed E-state index contributed by atoms with van der Waals surface area (Å²) in [7, 11) is 1.71. The van der Waals surface area contributed by atoms with E-state index in [0.29, 0.717) is 12.6 Å². The number of guanidine groups is 1. The largest absolute Gasteiger partial charge is 0.383 e. The fraction of sp³-hybridized carbons (Fsp3) is 0.500. The van der Waals surface area contributed by atoms with Crippen LogP contribution in [0.5, 0.6) is 0 Å². The van der Waals surface area contributed by atoms with Crippen molar-refractivity contribution in [1.82, 2.24) is 10.6 Å². The maximum Gasteiger partial charge on any atom is 0.191 e. The van der Waals surface area contributed by atoms with Crippen LogP contribution in [0.25, 0.3) is 0 Å². The van der Waals surface area contributed by atoms with Gasteiger partial charge in [-0.25, -0.2) is 0 Å². The number of nitrogens with zero attached hydrogens (tertiary/aromatic N) is 1. The van der Waals surface area contributed by atoms with Crippen LogP contribution in [0.3, 0.4) is 0 Å². The van der Waals surface area contributed by atoms with E-state index in [1.807, 2.05) is 0 Å². The molecule has 0 spiro atoms. The summed E-state index contributed by atoms with van der Waals surface area (Å²) in [6.45, 7) is 5.31. The second kappa shape index (κ2) is 9.02. The lowest BCUT2D eigenvalue weighted by atomic mass is 10.2. The molecule has 20 heavy (non-hydrogen) atoms. The van der Waals surface area contributed by atoms with E-state index >= 15 is 0 Å². The van der Waals surface area contributed by atoms with Crippen LogP contribution >= 0.6 is 24.0 Å². The Bertz CT molecular complexity index is 422. The van der Waals surface area contributed by atoms with Gasteiger partial charge in [-0.3, -0.25) is 4.99 Å². The number of hydrogen-bond donors (Lipinski definition) is 3. The van der Waals surface area contributed by atoms with Crippen molar-refractivity contribution >= 4 is 35.6 Å². The minimum atomic E-state index is 0. The molecule has 0 amide bonds. The number of methoxy groups -OCH3 is 1. The summed E-state index contributed by atoms with van der Waals surface area (Å²) in [5, 5.41) is 9.88. The van der Waals surface area contributed by atoms with Crippen molar-refractivity contribution in [3.63, 3.8) is 0 Å². The molecule has 1 aliphatic rings. The summed E-state index contributed by atoms with van der Waals surface area (Å²) in [6, 6.07) is 8.83. The quantitative estimate of drug-likeness (QED) is 0.512. The molecule has 0 radical (unpaired) electrons. The topological polar surface area (TPSA) is 57.7 Å². The Labute approximate surface area is 137 Å². The lowest BCUT2D eigenvalue weighted by Crippen LogP contribution is -2.37. The van der Waals surface area contributed by atoms with Crippen LogP contribution in [0.15, 0.2) is 29.3 Å². The number of halogens is 1. The van der Waals surface area contributed by atoms with Crippen molar-refractivity contribution in [2.45, 2.75) is 19.5 Å². The Kier molecular flexibility index (Phi) is 7.68. The molecule has 0 saturated carbocycles. The van der Waals surface area contributed by atoms with Crippen LogP contribution in [0.4, 0.5) is 5.69 Å². The molecule has 1 aromatic carbocycles. The molecule has 1 aliphatic heterocycles. The zero-order valence-electron chi connectivity index (χ0n) is 12.0.